The Kier molecular flexibility index (Phi) is 2.33. The first-order chi connectivity index (χ1) is 6.27. The average Bonchev–Trinajstić information content (AvgIpc) is 2.54. The second kappa shape index (κ2) is 3.47. The Labute approximate surface area is 77.2 Å². The number of likely N-dealkylation sites (N-methyl/N-ethyl adjacent to an activating group) is 1. The van der Waals surface area contributed by atoms with E-state index in [0.717, 1.165) is 25.1 Å². The highest BCUT2D eigenvalue weighted by Gasteiger charge is 2.32. The molecule has 0 radical (unpaired) electrons. The SMILES string of the molecule is CN(Cc1cocn1)C1CCC1O. The van der Waals surface area contributed by atoms with Crippen LogP contribution in [0.25, 0.3) is 0 Å². The van der Waals surface area contributed by atoms with Crippen molar-refractivity contribution >= 4 is 0 Å². The summed E-state index contributed by atoms with van der Waals surface area (Å²) in [6.07, 6.45) is 4.92. The Morgan fingerprint density at radius 3 is 3.00 bits per heavy atom. The Morgan fingerprint density at radius 2 is 2.54 bits per heavy atom. The highest BCUT2D eigenvalue weighted by atomic mass is 16.3. The van der Waals surface area contributed by atoms with E-state index in [0.29, 0.717) is 6.04 Å². The molecule has 13 heavy (non-hydrogen) atoms. The number of oxazole rings is 1. The van der Waals surface area contributed by atoms with Crippen LogP contribution in [-0.4, -0.2) is 34.2 Å². The zero-order valence-corrected chi connectivity index (χ0v) is 7.68. The van der Waals surface area contributed by atoms with Crippen LogP contribution in [0.3, 0.4) is 0 Å². The molecule has 1 aliphatic rings. The number of nitrogens with zero attached hydrogens (tertiary/aromatic N) is 2. The summed E-state index contributed by atoms with van der Waals surface area (Å²) in [4.78, 5) is 6.15. The lowest BCUT2D eigenvalue weighted by atomic mass is 9.88. The van der Waals surface area contributed by atoms with Crippen molar-refractivity contribution < 1.29 is 9.52 Å². The number of hydrogen-bond acceptors (Lipinski definition) is 4. The Balaban J connectivity index is 1.88. The van der Waals surface area contributed by atoms with Crippen LogP contribution in [0.1, 0.15) is 18.5 Å². The van der Waals surface area contributed by atoms with Gasteiger partial charge in [-0.05, 0) is 19.9 Å². The minimum Gasteiger partial charge on any atom is -0.451 e. The molecular formula is C9H14N2O2. The predicted octanol–water partition coefficient (Wildman–Crippen LogP) is 0.630. The maximum Gasteiger partial charge on any atom is 0.180 e. The summed E-state index contributed by atoms with van der Waals surface area (Å²) >= 11 is 0. The van der Waals surface area contributed by atoms with Gasteiger partial charge in [0.05, 0.1) is 11.8 Å². The number of aliphatic hydroxyl groups excluding tert-OH is 1. The van der Waals surface area contributed by atoms with E-state index in [1.165, 1.54) is 6.39 Å². The van der Waals surface area contributed by atoms with Gasteiger partial charge in [0, 0.05) is 12.6 Å². The minimum atomic E-state index is -0.156. The second-order valence-electron chi connectivity index (χ2n) is 3.61. The third-order valence-corrected chi connectivity index (χ3v) is 2.66. The van der Waals surface area contributed by atoms with Gasteiger partial charge in [-0.25, -0.2) is 4.98 Å². The smallest absolute Gasteiger partial charge is 0.180 e. The van der Waals surface area contributed by atoms with Gasteiger partial charge in [0.1, 0.15) is 6.26 Å². The standard InChI is InChI=1S/C9H14N2O2/c1-11(8-2-3-9(8)12)4-7-5-13-6-10-7/h5-6,8-9,12H,2-4H2,1H3. The minimum absolute atomic E-state index is 0.156. The first-order valence-electron chi connectivity index (χ1n) is 4.53. The first kappa shape index (κ1) is 8.72. The Hall–Kier alpha value is -0.870. The molecule has 1 aliphatic carbocycles. The van der Waals surface area contributed by atoms with Gasteiger partial charge in [0.15, 0.2) is 6.39 Å². The monoisotopic (exact) mass is 182 g/mol. The van der Waals surface area contributed by atoms with E-state index in [1.54, 1.807) is 6.26 Å². The number of rotatable bonds is 3. The number of aliphatic hydroxyl groups is 1. The molecule has 1 aromatic heterocycles. The van der Waals surface area contributed by atoms with E-state index in [2.05, 4.69) is 9.88 Å². The fraction of sp³-hybridized carbons (Fsp3) is 0.667. The summed E-state index contributed by atoms with van der Waals surface area (Å²) in [5.41, 5.74) is 0.918. The van der Waals surface area contributed by atoms with Gasteiger partial charge < -0.3 is 9.52 Å². The maximum atomic E-state index is 9.42. The van der Waals surface area contributed by atoms with Crippen LogP contribution in [0.5, 0.6) is 0 Å². The molecule has 4 heteroatoms. The van der Waals surface area contributed by atoms with Crippen molar-refractivity contribution in [2.75, 3.05) is 7.05 Å². The molecule has 0 bridgehead atoms. The molecule has 1 N–H and O–H groups in total. The Morgan fingerprint density at radius 1 is 1.69 bits per heavy atom. The third kappa shape index (κ3) is 1.73. The van der Waals surface area contributed by atoms with Crippen LogP contribution in [0.15, 0.2) is 17.1 Å². The lowest BCUT2D eigenvalue weighted by Gasteiger charge is -2.39. The largest absolute Gasteiger partial charge is 0.451 e. The van der Waals surface area contributed by atoms with Gasteiger partial charge in [-0.1, -0.05) is 0 Å². The molecule has 2 unspecified atom stereocenters. The molecular weight excluding hydrogens is 168 g/mol. The molecule has 0 aliphatic heterocycles. The highest BCUT2D eigenvalue weighted by Crippen LogP contribution is 2.25. The lowest BCUT2D eigenvalue weighted by Crippen LogP contribution is -2.48. The molecule has 72 valence electrons. The van der Waals surface area contributed by atoms with Crippen LogP contribution in [0, 0.1) is 0 Å². The third-order valence-electron chi connectivity index (χ3n) is 2.66. The van der Waals surface area contributed by atoms with Crippen molar-refractivity contribution in [3.8, 4) is 0 Å². The first-order valence-corrected chi connectivity index (χ1v) is 4.53. The van der Waals surface area contributed by atoms with Gasteiger partial charge in [-0.15, -0.1) is 0 Å². The summed E-state index contributed by atoms with van der Waals surface area (Å²) in [5.74, 6) is 0. The fourth-order valence-electron chi connectivity index (χ4n) is 1.67. The molecule has 1 aromatic rings. The summed E-state index contributed by atoms with van der Waals surface area (Å²) in [7, 11) is 2.00. The number of aromatic nitrogens is 1. The Bertz CT molecular complexity index is 261. The predicted molar refractivity (Wildman–Crippen MR) is 47.0 cm³/mol. The van der Waals surface area contributed by atoms with Crippen molar-refractivity contribution in [3.05, 3.63) is 18.4 Å². The van der Waals surface area contributed by atoms with Crippen molar-refractivity contribution in [2.24, 2.45) is 0 Å². The van der Waals surface area contributed by atoms with E-state index in [4.69, 9.17) is 4.42 Å². The zero-order chi connectivity index (χ0) is 9.26. The number of hydrogen-bond donors (Lipinski definition) is 1. The normalized spacial score (nSPS) is 27.6. The quantitative estimate of drug-likeness (QED) is 0.745. The molecule has 0 saturated heterocycles. The zero-order valence-electron chi connectivity index (χ0n) is 7.68. The molecule has 1 heterocycles. The molecule has 4 nitrogen and oxygen atoms in total. The second-order valence-corrected chi connectivity index (χ2v) is 3.61. The topological polar surface area (TPSA) is 49.5 Å². The molecule has 0 amide bonds. The van der Waals surface area contributed by atoms with Crippen LogP contribution >= 0.6 is 0 Å². The average molecular weight is 182 g/mol. The van der Waals surface area contributed by atoms with E-state index < -0.39 is 0 Å². The molecule has 0 aromatic carbocycles. The van der Waals surface area contributed by atoms with E-state index in [9.17, 15) is 5.11 Å². The van der Waals surface area contributed by atoms with Crippen LogP contribution in [-0.2, 0) is 6.54 Å². The summed E-state index contributed by atoms with van der Waals surface area (Å²) in [6.45, 7) is 0.748. The van der Waals surface area contributed by atoms with Crippen LogP contribution in [0.2, 0.25) is 0 Å². The van der Waals surface area contributed by atoms with Crippen molar-refractivity contribution in [1.82, 2.24) is 9.88 Å². The molecule has 2 rings (SSSR count). The van der Waals surface area contributed by atoms with Gasteiger partial charge in [-0.3, -0.25) is 4.90 Å². The van der Waals surface area contributed by atoms with Gasteiger partial charge in [0.25, 0.3) is 0 Å². The summed E-state index contributed by atoms with van der Waals surface area (Å²) in [6, 6.07) is 0.302. The molecule has 0 spiro atoms. The molecule has 1 fully saturated rings. The van der Waals surface area contributed by atoms with E-state index in [1.807, 2.05) is 7.05 Å². The van der Waals surface area contributed by atoms with Crippen molar-refractivity contribution in [2.45, 2.75) is 31.5 Å². The molecule has 1 saturated carbocycles. The maximum absolute atomic E-state index is 9.42. The van der Waals surface area contributed by atoms with Crippen molar-refractivity contribution in [3.63, 3.8) is 0 Å². The van der Waals surface area contributed by atoms with Gasteiger partial charge in [-0.2, -0.15) is 0 Å². The van der Waals surface area contributed by atoms with E-state index >= 15 is 0 Å². The van der Waals surface area contributed by atoms with Crippen LogP contribution < -0.4 is 0 Å². The molecule has 2 atom stereocenters. The summed E-state index contributed by atoms with van der Waals surface area (Å²) < 4.78 is 4.87. The van der Waals surface area contributed by atoms with Gasteiger partial charge >= 0.3 is 0 Å². The van der Waals surface area contributed by atoms with Gasteiger partial charge in [0.2, 0.25) is 0 Å². The van der Waals surface area contributed by atoms with Crippen molar-refractivity contribution in [1.29, 1.82) is 0 Å². The van der Waals surface area contributed by atoms with Crippen LogP contribution in [0.4, 0.5) is 0 Å². The fourth-order valence-corrected chi connectivity index (χ4v) is 1.67. The highest BCUT2D eigenvalue weighted by molar-refractivity contribution is 4.94. The lowest BCUT2D eigenvalue weighted by molar-refractivity contribution is -0.0134. The summed E-state index contributed by atoms with van der Waals surface area (Å²) in [5, 5.41) is 9.42. The van der Waals surface area contributed by atoms with E-state index in [-0.39, 0.29) is 6.10 Å².